The smallest absolute Gasteiger partial charge is 0.317 e. The van der Waals surface area contributed by atoms with Crippen LogP contribution in [-0.2, 0) is 4.79 Å². The van der Waals surface area contributed by atoms with Gasteiger partial charge in [-0.1, -0.05) is 30.3 Å². The van der Waals surface area contributed by atoms with E-state index in [-0.39, 0.29) is 18.0 Å². The van der Waals surface area contributed by atoms with Crippen LogP contribution in [0, 0.1) is 0 Å². The Morgan fingerprint density at radius 1 is 0.960 bits per heavy atom. The maximum Gasteiger partial charge on any atom is 0.317 e. The van der Waals surface area contributed by atoms with E-state index in [9.17, 15) is 9.59 Å². The zero-order valence-corrected chi connectivity index (χ0v) is 15.0. The lowest BCUT2D eigenvalue weighted by Crippen LogP contribution is -2.53. The van der Waals surface area contributed by atoms with Gasteiger partial charge in [-0.15, -0.1) is 0 Å². The van der Waals surface area contributed by atoms with E-state index in [1.165, 1.54) is 0 Å². The Morgan fingerprint density at radius 2 is 1.60 bits per heavy atom. The minimum absolute atomic E-state index is 0.0107. The fraction of sp³-hybridized carbons (Fsp3) is 0.579. The summed E-state index contributed by atoms with van der Waals surface area (Å²) in [5.41, 5.74) is 1.10. The van der Waals surface area contributed by atoms with Crippen LogP contribution in [0.25, 0.3) is 0 Å². The summed E-state index contributed by atoms with van der Waals surface area (Å²) in [6.07, 6.45) is 2.25. The maximum absolute atomic E-state index is 12.4. The van der Waals surface area contributed by atoms with E-state index in [0.717, 1.165) is 44.6 Å². The Hall–Kier alpha value is -2.08. The zero-order chi connectivity index (χ0) is 17.6. The Kier molecular flexibility index (Phi) is 5.91. The normalized spacial score (nSPS) is 19.7. The molecule has 0 aromatic heterocycles. The van der Waals surface area contributed by atoms with Gasteiger partial charge in [0, 0.05) is 39.3 Å². The number of carbonyl (C=O) groups is 2. The van der Waals surface area contributed by atoms with E-state index in [2.05, 4.69) is 10.2 Å². The van der Waals surface area contributed by atoms with E-state index in [0.29, 0.717) is 19.6 Å². The largest absolute Gasteiger partial charge is 0.342 e. The molecular formula is C19H28N4O2. The van der Waals surface area contributed by atoms with Gasteiger partial charge in [0.25, 0.3) is 0 Å². The molecule has 6 heteroatoms. The van der Waals surface area contributed by atoms with Crippen LogP contribution in [0.5, 0.6) is 0 Å². The fourth-order valence-electron chi connectivity index (χ4n) is 3.47. The van der Waals surface area contributed by atoms with E-state index < -0.39 is 0 Å². The van der Waals surface area contributed by atoms with Gasteiger partial charge in [0.2, 0.25) is 5.91 Å². The van der Waals surface area contributed by atoms with E-state index in [1.54, 1.807) is 0 Å². The first-order valence-electron chi connectivity index (χ1n) is 9.24. The highest BCUT2D eigenvalue weighted by Gasteiger charge is 2.25. The van der Waals surface area contributed by atoms with E-state index in [4.69, 9.17) is 0 Å². The Balaban J connectivity index is 1.42. The Bertz CT molecular complexity index is 578. The summed E-state index contributed by atoms with van der Waals surface area (Å²) in [7, 11) is 0. The molecule has 136 valence electrons. The molecule has 0 bridgehead atoms. The summed E-state index contributed by atoms with van der Waals surface area (Å²) in [6.45, 7) is 7.13. The van der Waals surface area contributed by atoms with Gasteiger partial charge in [-0.05, 0) is 25.3 Å². The molecule has 2 saturated heterocycles. The lowest BCUT2D eigenvalue weighted by Gasteiger charge is -2.35. The third kappa shape index (κ3) is 4.72. The molecule has 0 aliphatic carbocycles. The maximum atomic E-state index is 12.4. The van der Waals surface area contributed by atoms with Crippen LogP contribution < -0.4 is 5.32 Å². The molecule has 2 fully saturated rings. The first-order chi connectivity index (χ1) is 12.1. The monoisotopic (exact) mass is 344 g/mol. The number of nitrogens with zero attached hydrogens (tertiary/aromatic N) is 3. The summed E-state index contributed by atoms with van der Waals surface area (Å²) in [5, 5.41) is 3.06. The van der Waals surface area contributed by atoms with Gasteiger partial charge in [0.15, 0.2) is 0 Å². The Labute approximate surface area is 149 Å². The molecule has 0 saturated carbocycles. The third-order valence-electron chi connectivity index (χ3n) is 5.12. The predicted octanol–water partition coefficient (Wildman–Crippen LogP) is 1.70. The van der Waals surface area contributed by atoms with E-state index in [1.807, 2.05) is 47.1 Å². The van der Waals surface area contributed by atoms with Crippen molar-refractivity contribution in [3.8, 4) is 0 Å². The lowest BCUT2D eigenvalue weighted by atomic mass is 10.1. The SMILES string of the molecule is CC(NC(=O)N1CCN(CC(=O)N2CCCC2)CC1)c1ccccc1. The first-order valence-corrected chi connectivity index (χ1v) is 9.24. The van der Waals surface area contributed by atoms with Gasteiger partial charge >= 0.3 is 6.03 Å². The second kappa shape index (κ2) is 8.34. The van der Waals surface area contributed by atoms with Gasteiger partial charge in [0.05, 0.1) is 12.6 Å². The van der Waals surface area contributed by atoms with Crippen molar-refractivity contribution in [2.45, 2.75) is 25.8 Å². The minimum atomic E-state index is -0.0260. The molecule has 2 heterocycles. The molecule has 1 atom stereocenters. The van der Waals surface area contributed by atoms with Crippen molar-refractivity contribution in [1.29, 1.82) is 0 Å². The van der Waals surface area contributed by atoms with E-state index >= 15 is 0 Å². The van der Waals surface area contributed by atoms with Crippen LogP contribution in [-0.4, -0.2) is 72.5 Å². The van der Waals surface area contributed by atoms with Crippen molar-refractivity contribution in [3.05, 3.63) is 35.9 Å². The molecule has 2 aliphatic rings. The summed E-state index contributed by atoms with van der Waals surface area (Å²) < 4.78 is 0. The molecule has 1 aromatic rings. The second-order valence-corrected chi connectivity index (χ2v) is 6.93. The number of urea groups is 1. The average molecular weight is 344 g/mol. The first kappa shape index (κ1) is 17.7. The van der Waals surface area contributed by atoms with Gasteiger partial charge in [-0.2, -0.15) is 0 Å². The van der Waals surface area contributed by atoms with Crippen molar-refractivity contribution in [3.63, 3.8) is 0 Å². The number of amides is 3. The average Bonchev–Trinajstić information content (AvgIpc) is 3.18. The van der Waals surface area contributed by atoms with Crippen LogP contribution in [0.3, 0.4) is 0 Å². The molecule has 1 unspecified atom stereocenters. The molecule has 2 aliphatic heterocycles. The van der Waals surface area contributed by atoms with Crippen molar-refractivity contribution < 1.29 is 9.59 Å². The molecule has 6 nitrogen and oxygen atoms in total. The highest BCUT2D eigenvalue weighted by Crippen LogP contribution is 2.13. The molecule has 1 aromatic carbocycles. The number of rotatable bonds is 4. The van der Waals surface area contributed by atoms with Crippen molar-refractivity contribution in [2.75, 3.05) is 45.8 Å². The summed E-state index contributed by atoms with van der Waals surface area (Å²) >= 11 is 0. The highest BCUT2D eigenvalue weighted by molar-refractivity contribution is 5.78. The molecule has 3 rings (SSSR count). The predicted molar refractivity (Wildman–Crippen MR) is 97.2 cm³/mol. The highest BCUT2D eigenvalue weighted by atomic mass is 16.2. The third-order valence-corrected chi connectivity index (χ3v) is 5.12. The van der Waals surface area contributed by atoms with Crippen molar-refractivity contribution in [1.82, 2.24) is 20.0 Å². The Morgan fingerprint density at radius 3 is 2.24 bits per heavy atom. The quantitative estimate of drug-likeness (QED) is 0.904. The van der Waals surface area contributed by atoms with Crippen LogP contribution in [0.1, 0.15) is 31.4 Å². The van der Waals surface area contributed by atoms with Crippen molar-refractivity contribution >= 4 is 11.9 Å². The molecular weight excluding hydrogens is 316 g/mol. The minimum Gasteiger partial charge on any atom is -0.342 e. The zero-order valence-electron chi connectivity index (χ0n) is 15.0. The van der Waals surface area contributed by atoms with Crippen LogP contribution in [0.4, 0.5) is 4.79 Å². The number of piperazine rings is 1. The van der Waals surface area contributed by atoms with Gasteiger partial charge in [-0.3, -0.25) is 9.69 Å². The second-order valence-electron chi connectivity index (χ2n) is 6.93. The topological polar surface area (TPSA) is 55.9 Å². The van der Waals surface area contributed by atoms with Gasteiger partial charge in [0.1, 0.15) is 0 Å². The number of hydrogen-bond acceptors (Lipinski definition) is 3. The number of likely N-dealkylation sites (tertiary alicyclic amines) is 1. The fourth-order valence-corrected chi connectivity index (χ4v) is 3.47. The summed E-state index contributed by atoms with van der Waals surface area (Å²) in [4.78, 5) is 30.6. The van der Waals surface area contributed by atoms with Crippen LogP contribution in [0.15, 0.2) is 30.3 Å². The van der Waals surface area contributed by atoms with Crippen LogP contribution in [0.2, 0.25) is 0 Å². The lowest BCUT2D eigenvalue weighted by molar-refractivity contribution is -0.131. The molecule has 1 N–H and O–H groups in total. The molecule has 0 spiro atoms. The molecule has 3 amide bonds. The van der Waals surface area contributed by atoms with Crippen molar-refractivity contribution in [2.24, 2.45) is 0 Å². The summed E-state index contributed by atoms with van der Waals surface area (Å²) in [5.74, 6) is 0.230. The van der Waals surface area contributed by atoms with Gasteiger partial charge < -0.3 is 15.1 Å². The summed E-state index contributed by atoms with van der Waals surface area (Å²) in [6, 6.07) is 9.94. The van der Waals surface area contributed by atoms with Gasteiger partial charge in [-0.25, -0.2) is 4.79 Å². The molecule has 25 heavy (non-hydrogen) atoms. The van der Waals surface area contributed by atoms with Crippen LogP contribution >= 0.6 is 0 Å². The number of carbonyl (C=O) groups excluding carboxylic acids is 2. The molecule has 0 radical (unpaired) electrons. The number of benzene rings is 1. The number of nitrogens with one attached hydrogen (secondary N) is 1. The standard InChI is InChI=1S/C19H28N4O2/c1-16(17-7-3-2-4-8-17)20-19(25)23-13-11-21(12-14-23)15-18(24)22-9-5-6-10-22/h2-4,7-8,16H,5-6,9-15H2,1H3,(H,20,25). The number of hydrogen-bond donors (Lipinski definition) is 1.